The Morgan fingerprint density at radius 3 is 2.44 bits per heavy atom. The van der Waals surface area contributed by atoms with Crippen molar-refractivity contribution in [1.29, 1.82) is 0 Å². The molecule has 9 heteroatoms. The molecule has 0 unspecified atom stereocenters. The number of carbonyl (C=O) groups excluding carboxylic acids is 2. The SMILES string of the molecule is COc1ccc2[nH]cc(/C=C(/NC(=O)c3ccccc3)C(=O)NCc3ccccc3C(F)(F)F)c2c1. The molecule has 0 saturated heterocycles. The van der Waals surface area contributed by atoms with Crippen molar-refractivity contribution < 1.29 is 27.5 Å². The molecule has 4 aromatic rings. The Bertz CT molecular complexity index is 1430. The molecule has 4 rings (SSSR count). The predicted octanol–water partition coefficient (Wildman–Crippen LogP) is 5.28. The number of hydrogen-bond acceptors (Lipinski definition) is 3. The van der Waals surface area contributed by atoms with Gasteiger partial charge in [0, 0.05) is 34.8 Å². The number of aromatic amines is 1. The van der Waals surface area contributed by atoms with E-state index in [1.807, 2.05) is 6.07 Å². The van der Waals surface area contributed by atoms with Gasteiger partial charge in [-0.25, -0.2) is 0 Å². The standard InChI is InChI=1S/C27H22F3N3O3/c1-36-20-11-12-23-21(14-20)19(16-31-23)13-24(33-25(34)17-7-3-2-4-8-17)26(35)32-15-18-9-5-6-10-22(18)27(28,29)30/h2-14,16,31H,15H2,1H3,(H,32,35)(H,33,34)/b24-13+. The summed E-state index contributed by atoms with van der Waals surface area (Å²) in [4.78, 5) is 29.0. The lowest BCUT2D eigenvalue weighted by atomic mass is 10.1. The van der Waals surface area contributed by atoms with Crippen LogP contribution in [0, 0.1) is 0 Å². The highest BCUT2D eigenvalue weighted by molar-refractivity contribution is 6.06. The number of H-pyrrole nitrogens is 1. The van der Waals surface area contributed by atoms with Crippen LogP contribution in [0.5, 0.6) is 5.75 Å². The number of benzene rings is 3. The second kappa shape index (κ2) is 10.4. The zero-order chi connectivity index (χ0) is 25.7. The fraction of sp³-hybridized carbons (Fsp3) is 0.111. The minimum atomic E-state index is -4.56. The van der Waals surface area contributed by atoms with Crippen LogP contribution < -0.4 is 15.4 Å². The maximum Gasteiger partial charge on any atom is 0.416 e. The van der Waals surface area contributed by atoms with Gasteiger partial charge >= 0.3 is 6.18 Å². The van der Waals surface area contributed by atoms with E-state index in [1.165, 1.54) is 31.4 Å². The lowest BCUT2D eigenvalue weighted by Crippen LogP contribution is -2.35. The van der Waals surface area contributed by atoms with Gasteiger partial charge in [-0.3, -0.25) is 9.59 Å². The monoisotopic (exact) mass is 493 g/mol. The quantitative estimate of drug-likeness (QED) is 0.306. The molecule has 6 nitrogen and oxygen atoms in total. The average Bonchev–Trinajstić information content (AvgIpc) is 3.28. The number of rotatable bonds is 7. The maximum atomic E-state index is 13.4. The van der Waals surface area contributed by atoms with Crippen LogP contribution in [0.15, 0.2) is 84.7 Å². The molecule has 3 aromatic carbocycles. The second-order valence-electron chi connectivity index (χ2n) is 7.87. The molecule has 0 saturated carbocycles. The molecule has 0 spiro atoms. The average molecular weight is 493 g/mol. The first-order chi connectivity index (χ1) is 17.3. The zero-order valence-electron chi connectivity index (χ0n) is 19.1. The predicted molar refractivity (Wildman–Crippen MR) is 130 cm³/mol. The summed E-state index contributed by atoms with van der Waals surface area (Å²) in [5, 5.41) is 5.82. The molecule has 184 valence electrons. The van der Waals surface area contributed by atoms with Crippen molar-refractivity contribution in [3.05, 3.63) is 107 Å². The number of ether oxygens (including phenoxy) is 1. The lowest BCUT2D eigenvalue weighted by Gasteiger charge is -2.15. The number of fused-ring (bicyclic) bond motifs is 1. The number of hydrogen-bond donors (Lipinski definition) is 3. The van der Waals surface area contributed by atoms with Crippen LogP contribution in [0.4, 0.5) is 13.2 Å². The molecule has 0 aliphatic carbocycles. The number of carbonyl (C=O) groups is 2. The summed E-state index contributed by atoms with van der Waals surface area (Å²) >= 11 is 0. The van der Waals surface area contributed by atoms with Crippen LogP contribution in [0.3, 0.4) is 0 Å². The number of aromatic nitrogens is 1. The van der Waals surface area contributed by atoms with Gasteiger partial charge < -0.3 is 20.4 Å². The van der Waals surface area contributed by atoms with E-state index in [1.54, 1.807) is 48.7 Å². The van der Waals surface area contributed by atoms with Gasteiger partial charge in [-0.1, -0.05) is 36.4 Å². The normalized spacial score (nSPS) is 11.8. The smallest absolute Gasteiger partial charge is 0.416 e. The third-order valence-electron chi connectivity index (χ3n) is 5.51. The number of amides is 2. The highest BCUT2D eigenvalue weighted by Gasteiger charge is 2.33. The third-order valence-corrected chi connectivity index (χ3v) is 5.51. The van der Waals surface area contributed by atoms with Crippen molar-refractivity contribution in [2.24, 2.45) is 0 Å². The van der Waals surface area contributed by atoms with E-state index in [9.17, 15) is 22.8 Å². The largest absolute Gasteiger partial charge is 0.497 e. The van der Waals surface area contributed by atoms with Crippen LogP contribution in [0.2, 0.25) is 0 Å². The van der Waals surface area contributed by atoms with Crippen LogP contribution in [0.25, 0.3) is 17.0 Å². The van der Waals surface area contributed by atoms with E-state index in [0.29, 0.717) is 16.9 Å². The first-order valence-electron chi connectivity index (χ1n) is 10.9. The van der Waals surface area contributed by atoms with Crippen LogP contribution in [-0.4, -0.2) is 23.9 Å². The van der Waals surface area contributed by atoms with Crippen molar-refractivity contribution in [1.82, 2.24) is 15.6 Å². The molecular weight excluding hydrogens is 471 g/mol. The van der Waals surface area contributed by atoms with Crippen LogP contribution >= 0.6 is 0 Å². The molecule has 1 aromatic heterocycles. The van der Waals surface area contributed by atoms with Crippen molar-refractivity contribution in [2.75, 3.05) is 7.11 Å². The molecular formula is C27H22F3N3O3. The molecule has 0 aliphatic heterocycles. The van der Waals surface area contributed by atoms with Gasteiger partial charge in [0.2, 0.25) is 0 Å². The lowest BCUT2D eigenvalue weighted by molar-refractivity contribution is -0.138. The van der Waals surface area contributed by atoms with Crippen LogP contribution in [0.1, 0.15) is 27.0 Å². The number of alkyl halides is 3. The summed E-state index contributed by atoms with van der Waals surface area (Å²) in [6, 6.07) is 18.6. The Labute approximate surface area is 204 Å². The molecule has 0 radical (unpaired) electrons. The zero-order valence-corrected chi connectivity index (χ0v) is 19.1. The molecule has 0 atom stereocenters. The maximum absolute atomic E-state index is 13.4. The fourth-order valence-corrected chi connectivity index (χ4v) is 3.69. The Morgan fingerprint density at radius 1 is 1.00 bits per heavy atom. The number of methoxy groups -OCH3 is 1. The van der Waals surface area contributed by atoms with E-state index in [4.69, 9.17) is 4.74 Å². The molecule has 0 aliphatic rings. The Balaban J connectivity index is 1.66. The van der Waals surface area contributed by atoms with Crippen molar-refractivity contribution >= 4 is 28.8 Å². The van der Waals surface area contributed by atoms with E-state index >= 15 is 0 Å². The van der Waals surface area contributed by atoms with E-state index in [2.05, 4.69) is 15.6 Å². The molecule has 0 bridgehead atoms. The summed E-state index contributed by atoms with van der Waals surface area (Å²) in [6.45, 7) is -0.380. The molecule has 0 fully saturated rings. The van der Waals surface area contributed by atoms with Crippen molar-refractivity contribution in [3.8, 4) is 5.75 Å². The van der Waals surface area contributed by atoms with Gasteiger partial charge in [0.25, 0.3) is 11.8 Å². The summed E-state index contributed by atoms with van der Waals surface area (Å²) in [5.74, 6) is -0.682. The molecule has 1 heterocycles. The minimum Gasteiger partial charge on any atom is -0.497 e. The first kappa shape index (κ1) is 24.6. The van der Waals surface area contributed by atoms with Gasteiger partial charge in [-0.05, 0) is 48.0 Å². The highest BCUT2D eigenvalue weighted by atomic mass is 19.4. The van der Waals surface area contributed by atoms with Gasteiger partial charge in [0.05, 0.1) is 12.7 Å². The second-order valence-corrected chi connectivity index (χ2v) is 7.87. The Morgan fingerprint density at radius 2 is 1.72 bits per heavy atom. The first-order valence-corrected chi connectivity index (χ1v) is 10.9. The molecule has 36 heavy (non-hydrogen) atoms. The summed E-state index contributed by atoms with van der Waals surface area (Å²) < 4.78 is 45.3. The molecule has 3 N–H and O–H groups in total. The summed E-state index contributed by atoms with van der Waals surface area (Å²) in [6.07, 6.45) is -1.44. The Hall–Kier alpha value is -4.53. The Kier molecular flexibility index (Phi) is 7.10. The third kappa shape index (κ3) is 5.57. The van der Waals surface area contributed by atoms with Crippen LogP contribution in [-0.2, 0) is 17.5 Å². The van der Waals surface area contributed by atoms with E-state index in [-0.39, 0.29) is 17.8 Å². The van der Waals surface area contributed by atoms with E-state index < -0.39 is 23.6 Å². The van der Waals surface area contributed by atoms with Gasteiger partial charge in [-0.15, -0.1) is 0 Å². The van der Waals surface area contributed by atoms with Gasteiger partial charge in [0.15, 0.2) is 0 Å². The van der Waals surface area contributed by atoms with Gasteiger partial charge in [-0.2, -0.15) is 13.2 Å². The highest BCUT2D eigenvalue weighted by Crippen LogP contribution is 2.32. The summed E-state index contributed by atoms with van der Waals surface area (Å²) in [5.41, 5.74) is 0.612. The minimum absolute atomic E-state index is 0.0936. The fourth-order valence-electron chi connectivity index (χ4n) is 3.69. The number of nitrogens with one attached hydrogen (secondary N) is 3. The molecule has 2 amide bonds. The van der Waals surface area contributed by atoms with E-state index in [0.717, 1.165) is 17.0 Å². The van der Waals surface area contributed by atoms with Crippen molar-refractivity contribution in [2.45, 2.75) is 12.7 Å². The number of halogens is 3. The van der Waals surface area contributed by atoms with Gasteiger partial charge in [0.1, 0.15) is 11.4 Å². The summed E-state index contributed by atoms with van der Waals surface area (Å²) in [7, 11) is 1.53. The topological polar surface area (TPSA) is 83.2 Å². The van der Waals surface area contributed by atoms with Crippen molar-refractivity contribution in [3.63, 3.8) is 0 Å².